The number of benzene rings is 3. The van der Waals surface area contributed by atoms with Crippen LogP contribution in [-0.2, 0) is 10.3 Å². The zero-order valence-corrected chi connectivity index (χ0v) is 20.0. The monoisotopic (exact) mass is 489 g/mol. The van der Waals surface area contributed by atoms with E-state index in [0.717, 1.165) is 4.90 Å². The number of carboxylic acids is 1. The van der Waals surface area contributed by atoms with Crippen LogP contribution in [-0.4, -0.2) is 34.8 Å². The van der Waals surface area contributed by atoms with Gasteiger partial charge in [0.15, 0.2) is 6.19 Å². The van der Waals surface area contributed by atoms with Crippen LogP contribution in [0.15, 0.2) is 72.8 Å². The molecule has 0 saturated carbocycles. The second kappa shape index (κ2) is 10.9. The van der Waals surface area contributed by atoms with E-state index < -0.39 is 23.3 Å². The molecule has 2 amide bonds. The van der Waals surface area contributed by atoms with Gasteiger partial charge in [0.1, 0.15) is 5.54 Å². The van der Waals surface area contributed by atoms with Crippen molar-refractivity contribution in [1.82, 2.24) is 10.2 Å². The van der Waals surface area contributed by atoms with Gasteiger partial charge < -0.3 is 10.4 Å². The zero-order chi connectivity index (χ0) is 25.6. The maximum Gasteiger partial charge on any atom is 0.335 e. The highest BCUT2D eigenvalue weighted by molar-refractivity contribution is 6.33. The van der Waals surface area contributed by atoms with Crippen LogP contribution in [0.25, 0.3) is 11.1 Å². The summed E-state index contributed by atoms with van der Waals surface area (Å²) in [7, 11) is 1.37. The fourth-order valence-corrected chi connectivity index (χ4v) is 4.17. The number of carboxylic acid groups (broad SMARTS) is 1. The third kappa shape index (κ3) is 5.34. The Morgan fingerprint density at radius 3 is 2.23 bits per heavy atom. The van der Waals surface area contributed by atoms with Crippen molar-refractivity contribution in [3.63, 3.8) is 0 Å². The van der Waals surface area contributed by atoms with Crippen LogP contribution in [0.1, 0.15) is 46.0 Å². The van der Waals surface area contributed by atoms with Crippen molar-refractivity contribution in [2.24, 2.45) is 0 Å². The molecule has 0 bridgehead atoms. The number of halogens is 1. The van der Waals surface area contributed by atoms with Gasteiger partial charge in [-0.2, -0.15) is 5.26 Å². The summed E-state index contributed by atoms with van der Waals surface area (Å²) in [6.07, 6.45) is 2.71. The van der Waals surface area contributed by atoms with Gasteiger partial charge in [-0.3, -0.25) is 9.59 Å². The summed E-state index contributed by atoms with van der Waals surface area (Å²) >= 11 is 6.26. The molecule has 0 aliphatic rings. The lowest BCUT2D eigenvalue weighted by atomic mass is 9.83. The highest BCUT2D eigenvalue weighted by Crippen LogP contribution is 2.31. The maximum absolute atomic E-state index is 13.3. The average molecular weight is 490 g/mol. The Morgan fingerprint density at radius 1 is 1.03 bits per heavy atom. The Hall–Kier alpha value is -4.15. The number of aromatic carboxylic acids is 1. The molecule has 0 spiro atoms. The molecule has 7 nitrogen and oxygen atoms in total. The molecule has 0 saturated heterocycles. The second-order valence-corrected chi connectivity index (χ2v) is 8.42. The first-order chi connectivity index (χ1) is 16.7. The van der Waals surface area contributed by atoms with Crippen LogP contribution in [0, 0.1) is 11.5 Å². The predicted octanol–water partition coefficient (Wildman–Crippen LogP) is 5.07. The zero-order valence-electron chi connectivity index (χ0n) is 19.3. The number of amides is 2. The van der Waals surface area contributed by atoms with Gasteiger partial charge in [0, 0.05) is 23.2 Å². The quantitative estimate of drug-likeness (QED) is 0.339. The summed E-state index contributed by atoms with van der Waals surface area (Å²) in [6.45, 7) is 1.90. The second-order valence-electron chi connectivity index (χ2n) is 8.02. The first kappa shape index (κ1) is 25.5. The molecule has 0 unspecified atom stereocenters. The van der Waals surface area contributed by atoms with Gasteiger partial charge >= 0.3 is 5.97 Å². The highest BCUT2D eigenvalue weighted by atomic mass is 35.5. The Labute approximate surface area is 208 Å². The van der Waals surface area contributed by atoms with E-state index >= 15 is 0 Å². The largest absolute Gasteiger partial charge is 0.478 e. The summed E-state index contributed by atoms with van der Waals surface area (Å²) in [4.78, 5) is 38.9. The van der Waals surface area contributed by atoms with E-state index in [9.17, 15) is 24.8 Å². The molecule has 178 valence electrons. The number of hydrogen-bond acceptors (Lipinski definition) is 4. The number of nitrogens with one attached hydrogen (secondary N) is 1. The standard InChI is InChI=1S/C27H24ClN3O4/c1-3-15-27(26(35)31(2)17-29,21-7-5-4-6-8-21)30-24(32)19-11-9-18(10-12-19)22-16-20(25(33)34)13-14-23(22)28/h4-14,16H,3,15H2,1-2H3,(H,30,32)(H,33,34)/t27-/m0/s1. The summed E-state index contributed by atoms with van der Waals surface area (Å²) in [6, 6.07) is 19.7. The van der Waals surface area contributed by atoms with E-state index in [1.54, 1.807) is 48.5 Å². The lowest BCUT2D eigenvalue weighted by Crippen LogP contribution is -2.55. The minimum absolute atomic E-state index is 0.0959. The van der Waals surface area contributed by atoms with Crippen LogP contribution in [0.3, 0.4) is 0 Å². The molecule has 0 aliphatic heterocycles. The number of nitriles is 1. The van der Waals surface area contributed by atoms with E-state index in [2.05, 4.69) is 5.32 Å². The van der Waals surface area contributed by atoms with E-state index in [-0.39, 0.29) is 5.56 Å². The van der Waals surface area contributed by atoms with Gasteiger partial charge in [0.05, 0.1) is 5.56 Å². The Kier molecular flexibility index (Phi) is 7.90. The van der Waals surface area contributed by atoms with Crippen molar-refractivity contribution in [2.75, 3.05) is 7.05 Å². The minimum atomic E-state index is -1.42. The maximum atomic E-state index is 13.3. The summed E-state index contributed by atoms with van der Waals surface area (Å²) in [5.74, 6) is -2.09. The van der Waals surface area contributed by atoms with Crippen molar-refractivity contribution in [2.45, 2.75) is 25.3 Å². The molecular weight excluding hydrogens is 466 g/mol. The van der Waals surface area contributed by atoms with Gasteiger partial charge in [-0.1, -0.05) is 67.4 Å². The summed E-state index contributed by atoms with van der Waals surface area (Å²) in [5.41, 5.74) is 0.708. The number of rotatable bonds is 8. The molecule has 35 heavy (non-hydrogen) atoms. The minimum Gasteiger partial charge on any atom is -0.478 e. The van der Waals surface area contributed by atoms with E-state index in [1.807, 2.05) is 19.2 Å². The van der Waals surface area contributed by atoms with Crippen molar-refractivity contribution in [3.05, 3.63) is 94.5 Å². The molecule has 8 heteroatoms. The molecule has 1 atom stereocenters. The van der Waals surface area contributed by atoms with Crippen LogP contribution in [0.4, 0.5) is 0 Å². The molecule has 3 rings (SSSR count). The first-order valence-electron chi connectivity index (χ1n) is 10.9. The van der Waals surface area contributed by atoms with Gasteiger partial charge in [-0.05, 0) is 47.9 Å². The number of likely N-dealkylation sites (N-methyl/N-ethyl adjacent to an activating group) is 1. The van der Waals surface area contributed by atoms with Gasteiger partial charge in [-0.25, -0.2) is 9.69 Å². The molecule has 0 aromatic heterocycles. The SMILES string of the molecule is CCC[C@@](NC(=O)c1ccc(-c2cc(C(=O)O)ccc2Cl)cc1)(C(=O)N(C)C#N)c1ccccc1. The summed E-state index contributed by atoms with van der Waals surface area (Å²) in [5, 5.41) is 21.9. The topological polar surface area (TPSA) is 110 Å². The highest BCUT2D eigenvalue weighted by Gasteiger charge is 2.43. The lowest BCUT2D eigenvalue weighted by Gasteiger charge is -2.35. The van der Waals surface area contributed by atoms with E-state index in [4.69, 9.17) is 11.6 Å². The van der Waals surface area contributed by atoms with Crippen LogP contribution < -0.4 is 5.32 Å². The van der Waals surface area contributed by atoms with Crippen molar-refractivity contribution in [3.8, 4) is 17.3 Å². The molecule has 3 aromatic rings. The number of carbonyl (C=O) groups is 3. The molecule has 0 aliphatic carbocycles. The summed E-state index contributed by atoms with van der Waals surface area (Å²) < 4.78 is 0. The first-order valence-corrected chi connectivity index (χ1v) is 11.3. The molecule has 0 fully saturated rings. The van der Waals surface area contributed by atoms with Gasteiger partial charge in [0.2, 0.25) is 0 Å². The third-order valence-corrected chi connectivity index (χ3v) is 6.04. The van der Waals surface area contributed by atoms with Crippen molar-refractivity contribution in [1.29, 1.82) is 5.26 Å². The predicted molar refractivity (Wildman–Crippen MR) is 133 cm³/mol. The Bertz CT molecular complexity index is 1290. The molecule has 2 N–H and O–H groups in total. The number of carbonyl (C=O) groups excluding carboxylic acids is 2. The fourth-order valence-electron chi connectivity index (χ4n) is 3.94. The normalized spacial score (nSPS) is 12.2. The van der Waals surface area contributed by atoms with Gasteiger partial charge in [0.25, 0.3) is 11.8 Å². The lowest BCUT2D eigenvalue weighted by molar-refractivity contribution is -0.134. The molecule has 0 radical (unpaired) electrons. The molecular formula is C27H24ClN3O4. The average Bonchev–Trinajstić information content (AvgIpc) is 2.88. The number of nitrogens with zero attached hydrogens (tertiary/aromatic N) is 2. The van der Waals surface area contributed by atoms with Crippen LogP contribution in [0.5, 0.6) is 0 Å². The van der Waals surface area contributed by atoms with Gasteiger partial charge in [-0.15, -0.1) is 0 Å². The molecule has 0 heterocycles. The van der Waals surface area contributed by atoms with E-state index in [0.29, 0.717) is 40.1 Å². The Balaban J connectivity index is 1.98. The van der Waals surface area contributed by atoms with Crippen molar-refractivity contribution < 1.29 is 19.5 Å². The van der Waals surface area contributed by atoms with Crippen molar-refractivity contribution >= 4 is 29.4 Å². The van der Waals surface area contributed by atoms with Crippen LogP contribution in [0.2, 0.25) is 5.02 Å². The van der Waals surface area contributed by atoms with Crippen LogP contribution >= 0.6 is 11.6 Å². The molecule has 3 aromatic carbocycles. The third-order valence-electron chi connectivity index (χ3n) is 5.71. The Morgan fingerprint density at radius 2 is 1.66 bits per heavy atom. The van der Waals surface area contributed by atoms with E-state index in [1.165, 1.54) is 25.2 Å². The number of hydrogen-bond donors (Lipinski definition) is 2. The smallest absolute Gasteiger partial charge is 0.335 e. The fraction of sp³-hybridized carbons (Fsp3) is 0.185.